The van der Waals surface area contributed by atoms with Crippen molar-refractivity contribution >= 4 is 40.1 Å². The Kier molecular flexibility index (Phi) is 17.5. The van der Waals surface area contributed by atoms with Crippen LogP contribution in [0.4, 0.5) is 0 Å². The Balaban J connectivity index is 0.000000207. The molecule has 0 amide bonds. The van der Waals surface area contributed by atoms with Crippen LogP contribution in [-0.2, 0) is 48.4 Å². The van der Waals surface area contributed by atoms with Crippen LogP contribution < -0.4 is 16.6 Å². The first-order chi connectivity index (χ1) is 27.0. The third kappa shape index (κ3) is 13.9. The fraction of sp³-hybridized carbons (Fsp3) is 0.227. The molecule has 10 nitrogen and oxygen atoms in total. The molecule has 0 bridgehead atoms. The second kappa shape index (κ2) is 22.7. The molecule has 6 rings (SSSR count). The highest BCUT2D eigenvalue weighted by atomic mass is 79.9. The van der Waals surface area contributed by atoms with Crippen LogP contribution in [0.1, 0.15) is 49.2 Å². The number of hydrogen-bond donors (Lipinski definition) is 2. The molecule has 2 N–H and O–H groups in total. The van der Waals surface area contributed by atoms with E-state index in [1.165, 1.54) is 29.5 Å². The third-order valence-electron chi connectivity index (χ3n) is 8.57. The maximum atomic E-state index is 12.9. The Bertz CT molecular complexity index is 2250. The maximum Gasteiger partial charge on any atom is 0.488 e. The molecule has 0 atom stereocenters. The molecule has 2 aromatic heterocycles. The lowest BCUT2D eigenvalue weighted by atomic mass is 9.81. The predicted octanol–water partition coefficient (Wildman–Crippen LogP) is 5.81. The molecule has 0 fully saturated rings. The van der Waals surface area contributed by atoms with Crippen molar-refractivity contribution in [3.05, 3.63) is 182 Å². The molecule has 4 aromatic carbocycles. The van der Waals surface area contributed by atoms with Crippen molar-refractivity contribution in [2.45, 2.75) is 65.5 Å². The quantitative estimate of drug-likeness (QED) is 0.131. The predicted molar refractivity (Wildman–Crippen MR) is 225 cm³/mol. The van der Waals surface area contributed by atoms with E-state index in [-0.39, 0.29) is 35.8 Å². The molecule has 0 saturated heterocycles. The number of rotatable bonds is 14. The lowest BCUT2D eigenvalue weighted by Gasteiger charge is -2.13. The zero-order valence-electron chi connectivity index (χ0n) is 31.6. The number of benzene rings is 4. The Morgan fingerprint density at radius 3 is 1.45 bits per heavy atom. The summed E-state index contributed by atoms with van der Waals surface area (Å²) in [7, 11) is -1.34. The van der Waals surface area contributed by atoms with Crippen LogP contribution in [0.3, 0.4) is 0 Å². The van der Waals surface area contributed by atoms with Crippen molar-refractivity contribution in [1.82, 2.24) is 19.1 Å². The van der Waals surface area contributed by atoms with Gasteiger partial charge in [-0.25, -0.2) is 0 Å². The van der Waals surface area contributed by atoms with Crippen LogP contribution in [0.5, 0.6) is 0 Å². The van der Waals surface area contributed by atoms with Crippen LogP contribution in [-0.4, -0.2) is 47.8 Å². The highest BCUT2D eigenvalue weighted by Crippen LogP contribution is 2.17. The molecule has 0 aliphatic rings. The van der Waals surface area contributed by atoms with Gasteiger partial charge in [0.1, 0.15) is 27.6 Å². The van der Waals surface area contributed by atoms with E-state index in [4.69, 9.17) is 10.0 Å². The van der Waals surface area contributed by atoms with E-state index in [0.717, 1.165) is 31.2 Å². The average Bonchev–Trinajstić information content (AvgIpc) is 3.20. The third-order valence-corrected chi connectivity index (χ3v) is 9.21. The van der Waals surface area contributed by atoms with Gasteiger partial charge in [0.15, 0.2) is 0 Å². The van der Waals surface area contributed by atoms with Gasteiger partial charge in [-0.2, -0.15) is 0 Å². The van der Waals surface area contributed by atoms with E-state index in [1.807, 2.05) is 72.8 Å². The number of nitrogens with zero attached hydrogens (tertiary/aromatic N) is 4. The topological polar surface area (TPSA) is 144 Å². The highest BCUT2D eigenvalue weighted by Gasteiger charge is 2.14. The van der Waals surface area contributed by atoms with E-state index in [9.17, 15) is 19.2 Å². The number of hydrogen-bond acceptors (Lipinski definition) is 8. The molecular formula is C44H46BBrN4O6. The fourth-order valence-corrected chi connectivity index (χ4v) is 6.19. The Morgan fingerprint density at radius 1 is 0.589 bits per heavy atom. The molecule has 0 aliphatic heterocycles. The minimum atomic E-state index is -1.34. The summed E-state index contributed by atoms with van der Waals surface area (Å²) in [6.07, 6.45) is 8.00. The van der Waals surface area contributed by atoms with Gasteiger partial charge in [-0.3, -0.25) is 38.3 Å². The van der Waals surface area contributed by atoms with Gasteiger partial charge in [-0.15, -0.1) is 0 Å². The standard InChI is InChI=1S/C22H22N2O2.C16H17BrN2O2.C6H7BO2/c1-17(25)16-24-21(19-12-6-3-7-13-19)15-23-20(22(24)26)14-8-11-18-9-4-2-5-10-18;1-12(20)11-19-15(17)10-18-14(16(19)21)9-5-8-13-6-3-2-4-7-13;8-7(9)6-4-2-1-3-5-6/h2-7,9-10,12-13,15H,8,11,14,16H2,1H3;2-4,6-7,10H,5,8-9,11H2,1H3;1-5,8-9H. The first-order valence-corrected chi connectivity index (χ1v) is 19.2. The normalized spacial score (nSPS) is 10.4. The van der Waals surface area contributed by atoms with Crippen molar-refractivity contribution in [3.8, 4) is 11.3 Å². The highest BCUT2D eigenvalue weighted by molar-refractivity contribution is 9.10. The van der Waals surface area contributed by atoms with Crippen molar-refractivity contribution in [2.75, 3.05) is 0 Å². The summed E-state index contributed by atoms with van der Waals surface area (Å²) in [5.74, 6) is -0.107. The molecule has 6 aromatic rings. The molecule has 56 heavy (non-hydrogen) atoms. The number of carbonyl (C=O) groups is 2. The molecule has 0 aliphatic carbocycles. The fourth-order valence-electron chi connectivity index (χ4n) is 5.80. The minimum Gasteiger partial charge on any atom is -0.423 e. The zero-order valence-corrected chi connectivity index (χ0v) is 33.2. The first kappa shape index (κ1) is 43.2. The van der Waals surface area contributed by atoms with Crippen molar-refractivity contribution < 1.29 is 19.6 Å². The Hall–Kier alpha value is -5.56. The number of Topliss-reactive ketones (excluding diaryl/α,β-unsaturated/α-hetero) is 2. The molecule has 288 valence electrons. The van der Waals surface area contributed by atoms with Gasteiger partial charge in [0.2, 0.25) is 0 Å². The van der Waals surface area contributed by atoms with Crippen LogP contribution in [0.15, 0.2) is 148 Å². The molecule has 2 heterocycles. The number of carbonyl (C=O) groups excluding carboxylic acids is 2. The van der Waals surface area contributed by atoms with E-state index >= 15 is 0 Å². The lowest BCUT2D eigenvalue weighted by molar-refractivity contribution is -0.118. The second-order valence-electron chi connectivity index (χ2n) is 13.1. The number of aryl methyl sites for hydroxylation is 4. The molecule has 0 unspecified atom stereocenters. The van der Waals surface area contributed by atoms with Gasteiger partial charge < -0.3 is 10.0 Å². The summed E-state index contributed by atoms with van der Waals surface area (Å²) in [5.41, 5.74) is 5.25. The van der Waals surface area contributed by atoms with Gasteiger partial charge in [-0.05, 0) is 90.5 Å². The smallest absolute Gasteiger partial charge is 0.423 e. The van der Waals surface area contributed by atoms with Gasteiger partial charge >= 0.3 is 7.12 Å². The summed E-state index contributed by atoms with van der Waals surface area (Å²) >= 11 is 3.26. The molecule has 0 saturated carbocycles. The van der Waals surface area contributed by atoms with Crippen molar-refractivity contribution in [3.63, 3.8) is 0 Å². The van der Waals surface area contributed by atoms with Crippen LogP contribution in [0, 0.1) is 0 Å². The average molecular weight is 818 g/mol. The summed E-state index contributed by atoms with van der Waals surface area (Å²) < 4.78 is 3.50. The van der Waals surface area contributed by atoms with E-state index < -0.39 is 7.12 Å². The second-order valence-corrected chi connectivity index (χ2v) is 13.9. The first-order valence-electron chi connectivity index (χ1n) is 18.4. The maximum absolute atomic E-state index is 12.9. The number of aromatic nitrogens is 4. The summed E-state index contributed by atoms with van der Waals surface area (Å²) in [6.45, 7) is 3.11. The molecular weight excluding hydrogens is 771 g/mol. The van der Waals surface area contributed by atoms with Crippen LogP contribution in [0.2, 0.25) is 0 Å². The molecule has 0 spiro atoms. The van der Waals surface area contributed by atoms with Crippen LogP contribution in [0.25, 0.3) is 11.3 Å². The summed E-state index contributed by atoms with van der Waals surface area (Å²) in [5, 5.41) is 17.2. The van der Waals surface area contributed by atoms with Gasteiger partial charge in [0, 0.05) is 0 Å². The van der Waals surface area contributed by atoms with Crippen LogP contribution >= 0.6 is 15.9 Å². The Morgan fingerprint density at radius 2 is 1.00 bits per heavy atom. The number of ketones is 2. The Labute approximate surface area is 335 Å². The van der Waals surface area contributed by atoms with E-state index in [1.54, 1.807) is 41.2 Å². The number of halogens is 1. The van der Waals surface area contributed by atoms with E-state index in [2.05, 4.69) is 50.2 Å². The van der Waals surface area contributed by atoms with Gasteiger partial charge in [-0.1, -0.05) is 121 Å². The lowest BCUT2D eigenvalue weighted by Crippen LogP contribution is -2.29. The monoisotopic (exact) mass is 816 g/mol. The van der Waals surface area contributed by atoms with Gasteiger partial charge in [0.25, 0.3) is 11.1 Å². The van der Waals surface area contributed by atoms with Gasteiger partial charge in [0.05, 0.1) is 31.2 Å². The SMILES string of the molecule is CC(=O)Cn1c(-c2ccccc2)cnc(CCCc2ccccc2)c1=O.CC(=O)Cn1c(Br)cnc(CCCc2ccccc2)c1=O.OB(O)c1ccccc1. The van der Waals surface area contributed by atoms with E-state index in [0.29, 0.717) is 40.0 Å². The van der Waals surface area contributed by atoms with Crippen molar-refractivity contribution in [2.24, 2.45) is 0 Å². The molecule has 12 heteroatoms. The zero-order chi connectivity index (χ0) is 40.3. The summed E-state index contributed by atoms with van der Waals surface area (Å²) in [4.78, 5) is 56.7. The minimum absolute atomic E-state index is 0.0503. The largest absolute Gasteiger partial charge is 0.488 e. The molecule has 0 radical (unpaired) electrons. The van der Waals surface area contributed by atoms with Crippen molar-refractivity contribution in [1.29, 1.82) is 0 Å². The summed E-state index contributed by atoms with van der Waals surface area (Å²) in [6, 6.07) is 38.6.